The molecule has 0 aliphatic heterocycles. The Morgan fingerprint density at radius 3 is 2.56 bits per heavy atom. The molecule has 10 heteroatoms. The van der Waals surface area contributed by atoms with Crippen LogP contribution in [0.3, 0.4) is 0 Å². The molecule has 0 aromatic heterocycles. The number of nitrogens with zero attached hydrogens (tertiary/aromatic N) is 1. The quantitative estimate of drug-likeness (QED) is 0.231. The molecule has 1 amide bonds. The van der Waals surface area contributed by atoms with Crippen LogP contribution in [0.5, 0.6) is 11.5 Å². The molecule has 0 saturated heterocycles. The van der Waals surface area contributed by atoms with E-state index in [1.165, 1.54) is 42.5 Å². The highest BCUT2D eigenvalue weighted by molar-refractivity contribution is 5.98. The van der Waals surface area contributed by atoms with Gasteiger partial charge in [0, 0.05) is 5.69 Å². The lowest BCUT2D eigenvalue weighted by Crippen LogP contribution is -2.20. The summed E-state index contributed by atoms with van der Waals surface area (Å²) in [6.45, 7) is 4.86. The van der Waals surface area contributed by atoms with Gasteiger partial charge in [-0.3, -0.25) is 4.79 Å². The third-order valence-electron chi connectivity index (χ3n) is 4.08. The van der Waals surface area contributed by atoms with E-state index in [1.54, 1.807) is 13.0 Å². The Morgan fingerprint density at radius 1 is 1.15 bits per heavy atom. The molecule has 0 spiro atoms. The van der Waals surface area contributed by atoms with E-state index in [2.05, 4.69) is 11.9 Å². The average Bonchev–Trinajstić information content (AvgIpc) is 2.80. The van der Waals surface area contributed by atoms with Crippen molar-refractivity contribution in [2.45, 2.75) is 13.1 Å². The summed E-state index contributed by atoms with van der Waals surface area (Å²) in [5.74, 6) is -1.07. The third kappa shape index (κ3) is 7.70. The van der Waals surface area contributed by atoms with Crippen LogP contribution < -0.4 is 14.8 Å². The summed E-state index contributed by atoms with van der Waals surface area (Å²) >= 11 is 0. The van der Waals surface area contributed by atoms with E-state index in [1.807, 2.05) is 0 Å². The number of halogens is 3. The van der Waals surface area contributed by atoms with E-state index in [0.717, 1.165) is 12.1 Å². The molecule has 0 aliphatic carbocycles. The van der Waals surface area contributed by atoms with Crippen LogP contribution in [0.1, 0.15) is 18.1 Å². The van der Waals surface area contributed by atoms with E-state index in [-0.39, 0.29) is 36.0 Å². The van der Waals surface area contributed by atoms with Crippen molar-refractivity contribution < 1.29 is 37.0 Å². The van der Waals surface area contributed by atoms with Crippen molar-refractivity contribution in [3.63, 3.8) is 0 Å². The van der Waals surface area contributed by atoms with Crippen LogP contribution in [0.15, 0.2) is 60.7 Å². The molecule has 0 fully saturated rings. The molecule has 0 unspecified atom stereocenters. The first kappa shape index (κ1) is 26.0. The predicted octanol–water partition coefficient (Wildman–Crippen LogP) is 4.76. The Labute approximate surface area is 194 Å². The third-order valence-corrected chi connectivity index (χ3v) is 4.08. The molecule has 2 aromatic carbocycles. The van der Waals surface area contributed by atoms with Gasteiger partial charge in [-0.05, 0) is 48.9 Å². The number of ether oxygens (including phenoxy) is 3. The molecule has 0 bridgehead atoms. The second-order valence-corrected chi connectivity index (χ2v) is 6.61. The number of rotatable bonds is 10. The first-order chi connectivity index (χ1) is 16.2. The lowest BCUT2D eigenvalue weighted by atomic mass is 10.1. The van der Waals surface area contributed by atoms with Crippen LogP contribution >= 0.6 is 0 Å². The summed E-state index contributed by atoms with van der Waals surface area (Å²) in [6, 6.07) is 10.5. The highest BCUT2D eigenvalue weighted by atomic mass is 19.4. The zero-order valence-electron chi connectivity index (χ0n) is 18.1. The molecule has 178 valence electrons. The number of anilines is 1. The number of amides is 1. The van der Waals surface area contributed by atoms with Crippen molar-refractivity contribution in [2.24, 2.45) is 0 Å². The van der Waals surface area contributed by atoms with Gasteiger partial charge in [0.2, 0.25) is 0 Å². The zero-order chi connectivity index (χ0) is 25.1. The summed E-state index contributed by atoms with van der Waals surface area (Å²) in [5.41, 5.74) is -0.713. The van der Waals surface area contributed by atoms with Gasteiger partial charge >= 0.3 is 12.1 Å². The maximum Gasteiger partial charge on any atom is 0.416 e. The second kappa shape index (κ2) is 12.1. The highest BCUT2D eigenvalue weighted by Crippen LogP contribution is 2.31. The number of nitriles is 1. The first-order valence-electron chi connectivity index (χ1n) is 9.94. The van der Waals surface area contributed by atoms with Crippen molar-refractivity contribution in [1.29, 1.82) is 5.26 Å². The standard InChI is InChI=1S/C24H21F3N2O5/c1-3-10-33-23(31)17(14-28)11-16-8-9-20(21(12-16)32-4-2)34-15-22(30)29-19-7-5-6-18(13-19)24(25,26)27/h3,5-9,11-13H,1,4,10,15H2,2H3,(H,29,30)/b17-11+. The first-order valence-corrected chi connectivity index (χ1v) is 9.94. The maximum atomic E-state index is 12.8. The SMILES string of the molecule is C=CCOC(=O)/C(C#N)=C/c1ccc(OCC(=O)Nc2cccc(C(F)(F)F)c2)c(OCC)c1. The van der Waals surface area contributed by atoms with Gasteiger partial charge in [0.25, 0.3) is 5.91 Å². The Hall–Kier alpha value is -4.26. The van der Waals surface area contributed by atoms with Gasteiger partial charge in [-0.15, -0.1) is 0 Å². The van der Waals surface area contributed by atoms with Crippen LogP contribution in [0.25, 0.3) is 6.08 Å². The van der Waals surface area contributed by atoms with E-state index in [4.69, 9.17) is 14.2 Å². The Morgan fingerprint density at radius 2 is 1.91 bits per heavy atom. The van der Waals surface area contributed by atoms with E-state index in [9.17, 15) is 28.0 Å². The molecular formula is C24H21F3N2O5. The molecule has 0 heterocycles. The fraction of sp³-hybridized carbons (Fsp3) is 0.208. The second-order valence-electron chi connectivity index (χ2n) is 6.61. The smallest absolute Gasteiger partial charge is 0.416 e. The van der Waals surface area contributed by atoms with Gasteiger partial charge in [-0.25, -0.2) is 4.79 Å². The number of carbonyl (C=O) groups is 2. The molecule has 7 nitrogen and oxygen atoms in total. The molecule has 0 atom stereocenters. The molecule has 0 radical (unpaired) electrons. The summed E-state index contributed by atoms with van der Waals surface area (Å²) in [6.07, 6.45) is -1.86. The number of nitrogens with one attached hydrogen (secondary N) is 1. The normalized spacial score (nSPS) is 11.2. The van der Waals surface area contributed by atoms with Crippen molar-refractivity contribution in [1.82, 2.24) is 0 Å². The molecule has 1 N–H and O–H groups in total. The van der Waals surface area contributed by atoms with Crippen molar-refractivity contribution in [3.8, 4) is 17.6 Å². The topological polar surface area (TPSA) is 97.7 Å². The highest BCUT2D eigenvalue weighted by Gasteiger charge is 2.30. The largest absolute Gasteiger partial charge is 0.490 e. The molecule has 2 rings (SSSR count). The number of hydrogen-bond acceptors (Lipinski definition) is 6. The number of carbonyl (C=O) groups excluding carboxylic acids is 2. The minimum absolute atomic E-state index is 0.0266. The molecule has 0 saturated carbocycles. The molecular weight excluding hydrogens is 453 g/mol. The minimum atomic E-state index is -4.53. The lowest BCUT2D eigenvalue weighted by molar-refractivity contribution is -0.138. The van der Waals surface area contributed by atoms with E-state index >= 15 is 0 Å². The number of hydrogen-bond donors (Lipinski definition) is 1. The van der Waals surface area contributed by atoms with E-state index in [0.29, 0.717) is 5.56 Å². The fourth-order valence-electron chi connectivity index (χ4n) is 2.63. The number of esters is 1. The van der Waals surface area contributed by atoms with Crippen LogP contribution in [-0.2, 0) is 20.5 Å². The fourth-order valence-corrected chi connectivity index (χ4v) is 2.63. The predicted molar refractivity (Wildman–Crippen MR) is 118 cm³/mol. The van der Waals surface area contributed by atoms with Gasteiger partial charge in [-0.2, -0.15) is 18.4 Å². The van der Waals surface area contributed by atoms with Gasteiger partial charge in [0.1, 0.15) is 18.2 Å². The Bertz CT molecular complexity index is 1120. The Balaban J connectivity index is 2.12. The van der Waals surface area contributed by atoms with Crippen LogP contribution in [-0.4, -0.2) is 31.7 Å². The van der Waals surface area contributed by atoms with Crippen LogP contribution in [0.2, 0.25) is 0 Å². The summed E-state index contributed by atoms with van der Waals surface area (Å²) in [4.78, 5) is 24.1. The minimum Gasteiger partial charge on any atom is -0.490 e. The maximum absolute atomic E-state index is 12.8. The summed E-state index contributed by atoms with van der Waals surface area (Å²) in [5, 5.41) is 11.5. The number of benzene rings is 2. The summed E-state index contributed by atoms with van der Waals surface area (Å²) in [7, 11) is 0. The van der Waals surface area contributed by atoms with Crippen LogP contribution in [0.4, 0.5) is 18.9 Å². The van der Waals surface area contributed by atoms with Crippen LogP contribution in [0, 0.1) is 11.3 Å². The molecule has 2 aromatic rings. The van der Waals surface area contributed by atoms with Gasteiger partial charge in [0.05, 0.1) is 12.2 Å². The lowest BCUT2D eigenvalue weighted by Gasteiger charge is -2.13. The van der Waals surface area contributed by atoms with E-state index < -0.39 is 30.2 Å². The number of alkyl halides is 3. The molecule has 0 aliphatic rings. The Kier molecular flexibility index (Phi) is 9.26. The summed E-state index contributed by atoms with van der Waals surface area (Å²) < 4.78 is 54.3. The van der Waals surface area contributed by atoms with Crippen molar-refractivity contribution in [3.05, 3.63) is 71.8 Å². The monoisotopic (exact) mass is 474 g/mol. The van der Waals surface area contributed by atoms with Crippen molar-refractivity contribution >= 4 is 23.6 Å². The average molecular weight is 474 g/mol. The molecule has 34 heavy (non-hydrogen) atoms. The van der Waals surface area contributed by atoms with Gasteiger partial charge in [0.15, 0.2) is 18.1 Å². The van der Waals surface area contributed by atoms with Gasteiger partial charge < -0.3 is 19.5 Å². The van der Waals surface area contributed by atoms with Crippen molar-refractivity contribution in [2.75, 3.05) is 25.1 Å². The zero-order valence-corrected chi connectivity index (χ0v) is 18.1. The van der Waals surface area contributed by atoms with Gasteiger partial charge in [-0.1, -0.05) is 24.8 Å².